The molecular formula is C16H13F2N5O3S2. The van der Waals surface area contributed by atoms with E-state index in [1.54, 1.807) is 18.3 Å². The van der Waals surface area contributed by atoms with Crippen molar-refractivity contribution in [3.63, 3.8) is 0 Å². The number of nitrogens with zero attached hydrogens (tertiary/aromatic N) is 3. The van der Waals surface area contributed by atoms with Crippen molar-refractivity contribution < 1.29 is 21.9 Å². The fraction of sp³-hybridized carbons (Fsp3) is 0.188. The van der Waals surface area contributed by atoms with E-state index < -0.39 is 22.9 Å². The zero-order valence-corrected chi connectivity index (χ0v) is 15.9. The Hall–Kier alpha value is -2.86. The third-order valence-electron chi connectivity index (χ3n) is 4.03. The first-order valence-electron chi connectivity index (χ1n) is 7.94. The second-order valence-electron chi connectivity index (χ2n) is 5.79. The van der Waals surface area contributed by atoms with Crippen LogP contribution in [-0.2, 0) is 16.4 Å². The Morgan fingerprint density at radius 1 is 1.25 bits per heavy atom. The number of aromatic amines is 1. The molecule has 3 heterocycles. The lowest BCUT2D eigenvalue weighted by Crippen LogP contribution is -2.15. The summed E-state index contributed by atoms with van der Waals surface area (Å²) in [7, 11) is -2.80. The third-order valence-corrected chi connectivity index (χ3v) is 6.20. The third kappa shape index (κ3) is 3.24. The number of sulfonamides is 1. The van der Waals surface area contributed by atoms with Crippen LogP contribution in [0.3, 0.4) is 0 Å². The molecule has 0 atom stereocenters. The van der Waals surface area contributed by atoms with E-state index in [1.165, 1.54) is 24.8 Å². The summed E-state index contributed by atoms with van der Waals surface area (Å²) in [6.07, 6.45) is 0.929. The van der Waals surface area contributed by atoms with E-state index in [0.29, 0.717) is 10.9 Å². The summed E-state index contributed by atoms with van der Waals surface area (Å²) in [6, 6.07) is 3.48. The second kappa shape index (κ2) is 6.95. The number of nitrogens with one attached hydrogen (secondary N) is 2. The number of alkyl halides is 2. The smallest absolute Gasteiger partial charge is 0.266 e. The van der Waals surface area contributed by atoms with Gasteiger partial charge in [0.05, 0.1) is 17.3 Å². The average Bonchev–Trinajstić information content (AvgIpc) is 3.28. The van der Waals surface area contributed by atoms with Gasteiger partial charge in [0, 0.05) is 41.3 Å². The van der Waals surface area contributed by atoms with Gasteiger partial charge in [-0.05, 0) is 12.1 Å². The van der Waals surface area contributed by atoms with Gasteiger partial charge >= 0.3 is 0 Å². The fourth-order valence-electron chi connectivity index (χ4n) is 2.81. The Labute approximate surface area is 161 Å². The van der Waals surface area contributed by atoms with E-state index in [9.17, 15) is 17.2 Å². The van der Waals surface area contributed by atoms with Gasteiger partial charge in [-0.3, -0.25) is 4.98 Å². The minimum absolute atomic E-state index is 0.0326. The topological polar surface area (TPSA) is 110 Å². The molecule has 4 rings (SSSR count). The predicted octanol–water partition coefficient (Wildman–Crippen LogP) is 3.18. The van der Waals surface area contributed by atoms with Gasteiger partial charge in [-0.1, -0.05) is 11.5 Å². The van der Waals surface area contributed by atoms with Crippen LogP contribution in [0.25, 0.3) is 21.0 Å². The molecular weight excluding hydrogens is 412 g/mol. The van der Waals surface area contributed by atoms with Gasteiger partial charge < -0.3 is 9.11 Å². The molecule has 0 bridgehead atoms. The molecule has 28 heavy (non-hydrogen) atoms. The number of halogens is 2. The van der Waals surface area contributed by atoms with Crippen molar-refractivity contribution in [1.82, 2.24) is 19.3 Å². The van der Waals surface area contributed by atoms with Gasteiger partial charge in [-0.2, -0.15) is 4.98 Å². The predicted molar refractivity (Wildman–Crippen MR) is 101 cm³/mol. The standard InChI is InChI=1S/C16H13F2N5O3S2/c1-26-15-8(4-13(17)18)5-20-16(22-15)23-28(24,25)12-7-19-14-9(12)2-3-11-10(14)6-21-27-11/h2-3,5-7,13,21H,4H2,1H3,(H,20,22,23). The number of ether oxygens (including phenoxy) is 1. The average molecular weight is 425 g/mol. The number of anilines is 1. The van der Waals surface area contributed by atoms with Crippen molar-refractivity contribution in [2.24, 2.45) is 0 Å². The molecule has 1 aromatic carbocycles. The second-order valence-corrected chi connectivity index (χ2v) is 8.32. The monoisotopic (exact) mass is 425 g/mol. The van der Waals surface area contributed by atoms with Crippen LogP contribution in [0.1, 0.15) is 5.56 Å². The molecule has 0 saturated carbocycles. The first kappa shape index (κ1) is 18.5. The van der Waals surface area contributed by atoms with Crippen molar-refractivity contribution in [3.8, 4) is 5.88 Å². The van der Waals surface area contributed by atoms with E-state index >= 15 is 0 Å². The van der Waals surface area contributed by atoms with Crippen LogP contribution in [-0.4, -0.2) is 41.3 Å². The summed E-state index contributed by atoms with van der Waals surface area (Å²) in [5, 5.41) is 1.27. The number of H-pyrrole nitrogens is 1. The quantitative estimate of drug-likeness (QED) is 0.491. The Balaban J connectivity index is 1.70. The summed E-state index contributed by atoms with van der Waals surface area (Å²) in [5.74, 6) is -0.400. The highest BCUT2D eigenvalue weighted by molar-refractivity contribution is 7.93. The van der Waals surface area contributed by atoms with E-state index in [4.69, 9.17) is 4.74 Å². The lowest BCUT2D eigenvalue weighted by atomic mass is 10.2. The highest BCUT2D eigenvalue weighted by Gasteiger charge is 2.23. The van der Waals surface area contributed by atoms with Crippen LogP contribution < -0.4 is 9.46 Å². The van der Waals surface area contributed by atoms with Crippen molar-refractivity contribution in [1.29, 1.82) is 0 Å². The normalized spacial score (nSPS) is 12.1. The van der Waals surface area contributed by atoms with Crippen molar-refractivity contribution in [2.45, 2.75) is 17.7 Å². The van der Waals surface area contributed by atoms with Gasteiger partial charge in [0.2, 0.25) is 18.3 Å². The summed E-state index contributed by atoms with van der Waals surface area (Å²) >= 11 is 1.41. The van der Waals surface area contributed by atoms with E-state index in [1.807, 2.05) is 0 Å². The lowest BCUT2D eigenvalue weighted by molar-refractivity contribution is 0.147. The summed E-state index contributed by atoms with van der Waals surface area (Å²) in [4.78, 5) is 11.9. The minimum atomic E-state index is -4.06. The first-order chi connectivity index (χ1) is 13.4. The van der Waals surface area contributed by atoms with Gasteiger partial charge in [-0.25, -0.2) is 26.9 Å². The van der Waals surface area contributed by atoms with E-state index in [-0.39, 0.29) is 22.3 Å². The highest BCUT2D eigenvalue weighted by Crippen LogP contribution is 2.31. The molecule has 2 N–H and O–H groups in total. The number of rotatable bonds is 6. The van der Waals surface area contributed by atoms with Crippen LogP contribution in [0.5, 0.6) is 5.88 Å². The van der Waals surface area contributed by atoms with Crippen LogP contribution in [0, 0.1) is 0 Å². The number of aromatic nitrogens is 4. The zero-order chi connectivity index (χ0) is 19.9. The Kier molecular flexibility index (Phi) is 4.59. The maximum atomic E-state index is 12.8. The van der Waals surface area contributed by atoms with E-state index in [0.717, 1.165) is 16.3 Å². The van der Waals surface area contributed by atoms with Crippen LogP contribution >= 0.6 is 11.5 Å². The van der Waals surface area contributed by atoms with E-state index in [2.05, 4.69) is 24.0 Å². The fourth-order valence-corrected chi connectivity index (χ4v) is 4.61. The van der Waals surface area contributed by atoms with Gasteiger partial charge in [-0.15, -0.1) is 0 Å². The molecule has 0 unspecified atom stereocenters. The van der Waals surface area contributed by atoms with Crippen molar-refractivity contribution >= 4 is 48.5 Å². The zero-order valence-electron chi connectivity index (χ0n) is 14.3. The molecule has 0 aliphatic heterocycles. The molecule has 3 aromatic heterocycles. The van der Waals surface area contributed by atoms with Gasteiger partial charge in [0.1, 0.15) is 4.90 Å². The molecule has 8 nitrogen and oxygen atoms in total. The summed E-state index contributed by atoms with van der Waals surface area (Å²) < 4.78 is 62.0. The number of hydrogen-bond donors (Lipinski definition) is 2. The number of methoxy groups -OCH3 is 1. The van der Waals surface area contributed by atoms with Crippen LogP contribution in [0.15, 0.2) is 35.6 Å². The summed E-state index contributed by atoms with van der Waals surface area (Å²) in [6.45, 7) is 0. The number of fused-ring (bicyclic) bond motifs is 3. The number of hydrogen-bond acceptors (Lipinski definition) is 7. The molecule has 0 fully saturated rings. The van der Waals surface area contributed by atoms with Gasteiger partial charge in [0.15, 0.2) is 0 Å². The molecule has 0 aliphatic carbocycles. The van der Waals surface area contributed by atoms with Crippen molar-refractivity contribution in [3.05, 3.63) is 36.3 Å². The first-order valence-corrected chi connectivity index (χ1v) is 10.2. The molecule has 146 valence electrons. The maximum absolute atomic E-state index is 12.8. The SMILES string of the molecule is COc1nc(NS(=O)(=O)c2cnc3c2ccc2s[nH]cc23)ncc1CC(F)F. The molecule has 0 aliphatic rings. The molecule has 12 heteroatoms. The number of benzene rings is 1. The molecule has 0 amide bonds. The van der Waals surface area contributed by atoms with Crippen LogP contribution in [0.2, 0.25) is 0 Å². The lowest BCUT2D eigenvalue weighted by Gasteiger charge is -2.10. The Morgan fingerprint density at radius 3 is 2.82 bits per heavy atom. The molecule has 0 radical (unpaired) electrons. The van der Waals surface area contributed by atoms with Crippen LogP contribution in [0.4, 0.5) is 14.7 Å². The van der Waals surface area contributed by atoms with Crippen molar-refractivity contribution in [2.75, 3.05) is 11.8 Å². The Bertz CT molecular complexity index is 1270. The Morgan fingerprint density at radius 2 is 2.07 bits per heavy atom. The molecule has 4 aromatic rings. The van der Waals surface area contributed by atoms with Gasteiger partial charge in [0.25, 0.3) is 10.0 Å². The maximum Gasteiger partial charge on any atom is 0.266 e. The molecule has 0 saturated heterocycles. The highest BCUT2D eigenvalue weighted by atomic mass is 32.2. The molecule has 0 spiro atoms. The summed E-state index contributed by atoms with van der Waals surface area (Å²) in [5.41, 5.74) is 0.637. The minimum Gasteiger partial charge on any atom is -0.481 e. The largest absolute Gasteiger partial charge is 0.481 e.